The second-order valence-corrected chi connectivity index (χ2v) is 8.34. The van der Waals surface area contributed by atoms with Crippen molar-refractivity contribution in [3.05, 3.63) is 84.5 Å². The van der Waals surface area contributed by atoms with Crippen molar-refractivity contribution in [1.82, 2.24) is 0 Å². The summed E-state index contributed by atoms with van der Waals surface area (Å²) in [6.07, 6.45) is 8.62. The summed E-state index contributed by atoms with van der Waals surface area (Å²) in [5.74, 6) is 0.211. The monoisotopic (exact) mass is 422 g/mol. The van der Waals surface area contributed by atoms with Crippen LogP contribution in [-0.4, -0.2) is 31.2 Å². The first kappa shape index (κ1) is 23.3. The molecule has 1 saturated heterocycles. The highest BCUT2D eigenvalue weighted by molar-refractivity contribution is 5.49. The van der Waals surface area contributed by atoms with Crippen molar-refractivity contribution in [3.63, 3.8) is 0 Å². The van der Waals surface area contributed by atoms with E-state index in [4.69, 9.17) is 18.9 Å². The highest BCUT2D eigenvalue weighted by Gasteiger charge is 2.35. The largest absolute Gasteiger partial charge is 0.497 e. The van der Waals surface area contributed by atoms with E-state index in [1.165, 1.54) is 5.56 Å². The Morgan fingerprint density at radius 1 is 1.10 bits per heavy atom. The molecular weight excluding hydrogens is 388 g/mol. The lowest BCUT2D eigenvalue weighted by molar-refractivity contribution is -0.294. The normalized spacial score (nSPS) is 21.6. The molecule has 0 saturated carbocycles. The number of ether oxygens (including phenoxy) is 4. The molecule has 1 aliphatic rings. The Labute approximate surface area is 186 Å². The summed E-state index contributed by atoms with van der Waals surface area (Å²) in [5, 5.41) is 0. The van der Waals surface area contributed by atoms with Crippen LogP contribution in [0.3, 0.4) is 0 Å². The Morgan fingerprint density at radius 3 is 2.52 bits per heavy atom. The van der Waals surface area contributed by atoms with Gasteiger partial charge < -0.3 is 18.9 Å². The molecule has 0 aliphatic carbocycles. The lowest BCUT2D eigenvalue weighted by atomic mass is 10.00. The van der Waals surface area contributed by atoms with E-state index in [1.54, 1.807) is 7.11 Å². The van der Waals surface area contributed by atoms with Gasteiger partial charge in [0, 0.05) is 12.8 Å². The molecule has 1 aliphatic heterocycles. The average Bonchev–Trinajstić information content (AvgIpc) is 2.76. The van der Waals surface area contributed by atoms with Crippen molar-refractivity contribution >= 4 is 6.08 Å². The molecule has 0 unspecified atom stereocenters. The van der Waals surface area contributed by atoms with Crippen molar-refractivity contribution in [1.29, 1.82) is 0 Å². The zero-order valence-electron chi connectivity index (χ0n) is 18.8. The van der Waals surface area contributed by atoms with Crippen LogP contribution in [0.4, 0.5) is 0 Å². The maximum atomic E-state index is 6.23. The molecule has 0 aromatic heterocycles. The van der Waals surface area contributed by atoms with Gasteiger partial charge in [-0.25, -0.2) is 0 Å². The second-order valence-electron chi connectivity index (χ2n) is 8.34. The van der Waals surface area contributed by atoms with Gasteiger partial charge in [0.15, 0.2) is 5.79 Å². The zero-order valence-corrected chi connectivity index (χ0v) is 18.8. The van der Waals surface area contributed by atoms with Gasteiger partial charge in [0.2, 0.25) is 0 Å². The van der Waals surface area contributed by atoms with Gasteiger partial charge in [-0.3, -0.25) is 0 Å². The van der Waals surface area contributed by atoms with Crippen LogP contribution in [0.1, 0.15) is 44.2 Å². The van der Waals surface area contributed by atoms with E-state index in [9.17, 15) is 0 Å². The lowest BCUT2D eigenvalue weighted by Crippen LogP contribution is -2.45. The van der Waals surface area contributed by atoms with Gasteiger partial charge in [0.25, 0.3) is 0 Å². The van der Waals surface area contributed by atoms with E-state index in [-0.39, 0.29) is 18.3 Å². The molecule has 1 fully saturated rings. The molecular formula is C27H34O4. The number of rotatable bonds is 10. The summed E-state index contributed by atoms with van der Waals surface area (Å²) in [6, 6.07) is 18.2. The predicted octanol–water partition coefficient (Wildman–Crippen LogP) is 6.17. The highest BCUT2D eigenvalue weighted by Crippen LogP contribution is 2.31. The molecule has 1 heterocycles. The fourth-order valence-corrected chi connectivity index (χ4v) is 3.84. The third kappa shape index (κ3) is 7.66. The summed E-state index contributed by atoms with van der Waals surface area (Å²) < 4.78 is 23.8. The first-order valence-electron chi connectivity index (χ1n) is 10.9. The molecule has 0 radical (unpaired) electrons. The minimum atomic E-state index is -0.636. The molecule has 2 aromatic carbocycles. The Hall–Kier alpha value is -2.40. The van der Waals surface area contributed by atoms with E-state index < -0.39 is 5.79 Å². The van der Waals surface area contributed by atoms with Crippen molar-refractivity contribution in [3.8, 4) is 5.75 Å². The van der Waals surface area contributed by atoms with Gasteiger partial charge in [-0.1, -0.05) is 60.7 Å². The van der Waals surface area contributed by atoms with Crippen LogP contribution in [0, 0.1) is 0 Å². The fourth-order valence-electron chi connectivity index (χ4n) is 3.84. The minimum Gasteiger partial charge on any atom is -0.497 e. The van der Waals surface area contributed by atoms with Gasteiger partial charge in [0.05, 0.1) is 32.0 Å². The zero-order chi connectivity index (χ0) is 22.1. The van der Waals surface area contributed by atoms with Gasteiger partial charge >= 0.3 is 0 Å². The first-order valence-corrected chi connectivity index (χ1v) is 10.9. The Bertz CT molecular complexity index is 826. The summed E-state index contributed by atoms with van der Waals surface area (Å²) in [5.41, 5.74) is 2.28. The topological polar surface area (TPSA) is 36.9 Å². The smallest absolute Gasteiger partial charge is 0.163 e. The van der Waals surface area contributed by atoms with Crippen LogP contribution in [-0.2, 0) is 20.8 Å². The van der Waals surface area contributed by atoms with E-state index in [2.05, 4.69) is 30.9 Å². The van der Waals surface area contributed by atoms with Gasteiger partial charge in [-0.05, 0) is 43.5 Å². The molecule has 3 atom stereocenters. The van der Waals surface area contributed by atoms with Crippen molar-refractivity contribution in [2.75, 3.05) is 7.11 Å². The molecule has 0 amide bonds. The van der Waals surface area contributed by atoms with E-state index in [0.29, 0.717) is 6.61 Å². The average molecular weight is 423 g/mol. The summed E-state index contributed by atoms with van der Waals surface area (Å²) in [4.78, 5) is 0. The van der Waals surface area contributed by atoms with Crippen LogP contribution >= 0.6 is 0 Å². The maximum absolute atomic E-state index is 6.23. The van der Waals surface area contributed by atoms with Crippen LogP contribution in [0.15, 0.2) is 73.3 Å². The standard InChI is InChI=1S/C27H34O4/c1-5-9-24(29-20-22-13-15-23(28-4)16-14-22)18-26-19-25(30-27(2,3)31-26)17-12-21-10-7-6-8-11-21/h5-8,10-17,24-26H,1,9,18-20H2,2-4H3/b17-12+/t24-,25-,26+/m0/s1. The van der Waals surface area contributed by atoms with Gasteiger partial charge in [-0.2, -0.15) is 0 Å². The minimum absolute atomic E-state index is 0.0000690. The third-order valence-corrected chi connectivity index (χ3v) is 5.28. The highest BCUT2D eigenvalue weighted by atomic mass is 16.7. The summed E-state index contributed by atoms with van der Waals surface area (Å²) >= 11 is 0. The van der Waals surface area contributed by atoms with E-state index in [1.807, 2.05) is 62.4 Å². The molecule has 0 N–H and O–H groups in total. The third-order valence-electron chi connectivity index (χ3n) is 5.28. The maximum Gasteiger partial charge on any atom is 0.163 e. The second kappa shape index (κ2) is 11.3. The van der Waals surface area contributed by atoms with Crippen LogP contribution in [0.5, 0.6) is 5.75 Å². The van der Waals surface area contributed by atoms with E-state index in [0.717, 1.165) is 30.6 Å². The summed E-state index contributed by atoms with van der Waals surface area (Å²) in [6.45, 7) is 8.40. The van der Waals surface area contributed by atoms with Crippen LogP contribution in [0.2, 0.25) is 0 Å². The van der Waals surface area contributed by atoms with Crippen molar-refractivity contribution in [2.45, 2.75) is 63.8 Å². The molecule has 3 rings (SSSR count). The summed E-state index contributed by atoms with van der Waals surface area (Å²) in [7, 11) is 1.67. The quantitative estimate of drug-likeness (QED) is 0.429. The van der Waals surface area contributed by atoms with E-state index >= 15 is 0 Å². The number of hydrogen-bond donors (Lipinski definition) is 0. The predicted molar refractivity (Wildman–Crippen MR) is 125 cm³/mol. The Kier molecular flexibility index (Phi) is 8.47. The molecule has 0 bridgehead atoms. The van der Waals surface area contributed by atoms with Crippen molar-refractivity contribution in [2.24, 2.45) is 0 Å². The van der Waals surface area contributed by atoms with Crippen LogP contribution < -0.4 is 4.74 Å². The van der Waals surface area contributed by atoms with Gasteiger partial charge in [-0.15, -0.1) is 6.58 Å². The van der Waals surface area contributed by atoms with Gasteiger partial charge in [0.1, 0.15) is 5.75 Å². The molecule has 2 aromatic rings. The van der Waals surface area contributed by atoms with Crippen LogP contribution in [0.25, 0.3) is 6.08 Å². The fraction of sp³-hybridized carbons (Fsp3) is 0.407. The molecule has 31 heavy (non-hydrogen) atoms. The first-order chi connectivity index (χ1) is 15.0. The van der Waals surface area contributed by atoms with Crippen molar-refractivity contribution < 1.29 is 18.9 Å². The number of benzene rings is 2. The molecule has 0 spiro atoms. The SMILES string of the molecule is C=CC[C@@H](C[C@@H]1C[C@H](/C=C/c2ccccc2)OC(C)(C)O1)OCc1ccc(OC)cc1. The molecule has 166 valence electrons. The molecule has 4 heteroatoms. The number of methoxy groups -OCH3 is 1. The Balaban J connectivity index is 1.59. The Morgan fingerprint density at radius 2 is 1.84 bits per heavy atom. The molecule has 4 nitrogen and oxygen atoms in total. The number of hydrogen-bond acceptors (Lipinski definition) is 4. The lowest BCUT2D eigenvalue weighted by Gasteiger charge is -2.41.